The molecule has 4 rings (SSSR count). The lowest BCUT2D eigenvalue weighted by molar-refractivity contribution is -0.123. The van der Waals surface area contributed by atoms with Crippen LogP contribution in [0.15, 0.2) is 59.1 Å². The van der Waals surface area contributed by atoms with Crippen molar-refractivity contribution >= 4 is 5.91 Å². The molecule has 1 aliphatic rings. The number of aromatic nitrogens is 2. The lowest BCUT2D eigenvalue weighted by atomic mass is 10.1. The predicted octanol–water partition coefficient (Wildman–Crippen LogP) is 3.04. The molecule has 0 spiro atoms. The first-order valence-electron chi connectivity index (χ1n) is 10.8. The minimum atomic E-state index is 0.00923. The van der Waals surface area contributed by atoms with Crippen molar-refractivity contribution in [3.05, 3.63) is 71.6 Å². The number of amides is 1. The van der Waals surface area contributed by atoms with Gasteiger partial charge in [-0.05, 0) is 25.0 Å². The zero-order valence-corrected chi connectivity index (χ0v) is 18.1. The Morgan fingerprint density at radius 2 is 1.71 bits per heavy atom. The number of nitrogens with one attached hydrogen (secondary N) is 1. The molecule has 0 aliphatic carbocycles. The van der Waals surface area contributed by atoms with E-state index in [9.17, 15) is 4.79 Å². The molecule has 7 nitrogen and oxygen atoms in total. The average molecular weight is 420 g/mol. The smallest absolute Gasteiger partial charge is 0.241 e. The molecule has 2 heterocycles. The molecule has 1 fully saturated rings. The van der Waals surface area contributed by atoms with E-state index in [-0.39, 0.29) is 11.9 Å². The van der Waals surface area contributed by atoms with Crippen LogP contribution in [0.2, 0.25) is 0 Å². The van der Waals surface area contributed by atoms with Gasteiger partial charge in [-0.3, -0.25) is 14.6 Å². The number of hydrogen-bond donors (Lipinski definition) is 1. The standard InChI is InChI=1S/C24H29N5O2/c1-18-8-6-7-11-21(18)24-26-23(31-27-24)17-29-14-12-28(13-15-29)16-22(30)25-19(2)20-9-4-3-5-10-20/h3-11,19H,12-17H2,1-2H3,(H,25,30). The van der Waals surface area contributed by atoms with Gasteiger partial charge in [0.2, 0.25) is 17.6 Å². The maximum Gasteiger partial charge on any atom is 0.241 e. The van der Waals surface area contributed by atoms with Crippen molar-refractivity contribution in [2.45, 2.75) is 26.4 Å². The predicted molar refractivity (Wildman–Crippen MR) is 119 cm³/mol. The summed E-state index contributed by atoms with van der Waals surface area (Å²) in [6, 6.07) is 18.1. The topological polar surface area (TPSA) is 74.5 Å². The Labute approximate surface area is 183 Å². The van der Waals surface area contributed by atoms with Crippen LogP contribution in [0, 0.1) is 6.92 Å². The van der Waals surface area contributed by atoms with Crippen molar-refractivity contribution in [3.63, 3.8) is 0 Å². The number of nitrogens with zero attached hydrogens (tertiary/aromatic N) is 4. The van der Waals surface area contributed by atoms with Gasteiger partial charge >= 0.3 is 0 Å². The highest BCUT2D eigenvalue weighted by Gasteiger charge is 2.22. The molecule has 1 amide bonds. The van der Waals surface area contributed by atoms with Crippen molar-refractivity contribution in [2.24, 2.45) is 0 Å². The van der Waals surface area contributed by atoms with E-state index in [1.807, 2.05) is 68.4 Å². The van der Waals surface area contributed by atoms with Crippen molar-refractivity contribution < 1.29 is 9.32 Å². The Morgan fingerprint density at radius 3 is 2.45 bits per heavy atom. The average Bonchev–Trinajstić information content (AvgIpc) is 3.24. The van der Waals surface area contributed by atoms with Gasteiger partial charge in [0, 0.05) is 31.7 Å². The third-order valence-corrected chi connectivity index (χ3v) is 5.72. The Kier molecular flexibility index (Phi) is 6.74. The van der Waals surface area contributed by atoms with E-state index >= 15 is 0 Å². The first-order chi connectivity index (χ1) is 15.1. The summed E-state index contributed by atoms with van der Waals surface area (Å²) in [5, 5.41) is 7.23. The molecule has 162 valence electrons. The minimum absolute atomic E-state index is 0.00923. The lowest BCUT2D eigenvalue weighted by Gasteiger charge is -2.33. The monoisotopic (exact) mass is 419 g/mol. The molecule has 1 aliphatic heterocycles. The minimum Gasteiger partial charge on any atom is -0.348 e. The molecule has 1 atom stereocenters. The Balaban J connectivity index is 1.23. The Morgan fingerprint density at radius 1 is 1.03 bits per heavy atom. The first kappa shape index (κ1) is 21.2. The van der Waals surface area contributed by atoms with Gasteiger partial charge in [-0.15, -0.1) is 0 Å². The molecule has 1 aromatic heterocycles. The molecule has 1 saturated heterocycles. The van der Waals surface area contributed by atoms with Crippen molar-refractivity contribution in [2.75, 3.05) is 32.7 Å². The van der Waals surface area contributed by atoms with E-state index < -0.39 is 0 Å². The second-order valence-corrected chi connectivity index (χ2v) is 8.08. The van der Waals surface area contributed by atoms with Crippen LogP contribution in [0.1, 0.15) is 30.0 Å². The molecule has 1 unspecified atom stereocenters. The molecule has 1 N–H and O–H groups in total. The summed E-state index contributed by atoms with van der Waals surface area (Å²) in [5.74, 6) is 1.32. The summed E-state index contributed by atoms with van der Waals surface area (Å²) in [6.45, 7) is 8.51. The largest absolute Gasteiger partial charge is 0.348 e. The van der Waals surface area contributed by atoms with Crippen LogP contribution < -0.4 is 5.32 Å². The van der Waals surface area contributed by atoms with E-state index in [2.05, 4.69) is 25.3 Å². The van der Waals surface area contributed by atoms with Gasteiger partial charge in [-0.2, -0.15) is 4.98 Å². The van der Waals surface area contributed by atoms with Gasteiger partial charge < -0.3 is 9.84 Å². The number of carbonyl (C=O) groups is 1. The summed E-state index contributed by atoms with van der Waals surface area (Å²) in [5.41, 5.74) is 3.24. The van der Waals surface area contributed by atoms with Crippen LogP contribution in [0.25, 0.3) is 11.4 Å². The zero-order valence-electron chi connectivity index (χ0n) is 18.1. The number of rotatable bonds is 7. The van der Waals surface area contributed by atoms with Gasteiger partial charge in [0.1, 0.15) is 0 Å². The van der Waals surface area contributed by atoms with Gasteiger partial charge in [-0.1, -0.05) is 59.8 Å². The first-order valence-corrected chi connectivity index (χ1v) is 10.8. The van der Waals surface area contributed by atoms with Crippen LogP contribution in [-0.4, -0.2) is 58.6 Å². The summed E-state index contributed by atoms with van der Waals surface area (Å²) < 4.78 is 5.47. The number of benzene rings is 2. The fraction of sp³-hybridized carbons (Fsp3) is 0.375. The lowest BCUT2D eigenvalue weighted by Crippen LogP contribution is -2.49. The molecule has 0 bridgehead atoms. The molecular weight excluding hydrogens is 390 g/mol. The highest BCUT2D eigenvalue weighted by molar-refractivity contribution is 5.78. The van der Waals surface area contributed by atoms with Gasteiger partial charge in [0.25, 0.3) is 0 Å². The maximum absolute atomic E-state index is 12.4. The molecule has 0 radical (unpaired) electrons. The number of aryl methyl sites for hydroxylation is 1. The summed E-state index contributed by atoms with van der Waals surface area (Å²) in [4.78, 5) is 21.5. The van der Waals surface area contributed by atoms with Gasteiger partial charge in [0.05, 0.1) is 19.1 Å². The molecule has 31 heavy (non-hydrogen) atoms. The highest BCUT2D eigenvalue weighted by Crippen LogP contribution is 2.20. The zero-order chi connectivity index (χ0) is 21.6. The second-order valence-electron chi connectivity index (χ2n) is 8.08. The Bertz CT molecular complexity index is 996. The van der Waals surface area contributed by atoms with Crippen LogP contribution in [0.5, 0.6) is 0 Å². The van der Waals surface area contributed by atoms with Crippen LogP contribution in [0.3, 0.4) is 0 Å². The van der Waals surface area contributed by atoms with Crippen LogP contribution in [-0.2, 0) is 11.3 Å². The molecule has 7 heteroatoms. The molecule has 0 saturated carbocycles. The van der Waals surface area contributed by atoms with E-state index in [1.54, 1.807) is 0 Å². The molecular formula is C24H29N5O2. The van der Waals surface area contributed by atoms with Gasteiger partial charge in [0.15, 0.2) is 0 Å². The Hall–Kier alpha value is -3.03. The number of hydrogen-bond acceptors (Lipinski definition) is 6. The van der Waals surface area contributed by atoms with E-state index in [1.165, 1.54) is 0 Å². The third kappa shape index (κ3) is 5.57. The maximum atomic E-state index is 12.4. The second kappa shape index (κ2) is 9.85. The summed E-state index contributed by atoms with van der Waals surface area (Å²) in [7, 11) is 0. The summed E-state index contributed by atoms with van der Waals surface area (Å²) >= 11 is 0. The quantitative estimate of drug-likeness (QED) is 0.635. The normalized spacial score (nSPS) is 16.2. The highest BCUT2D eigenvalue weighted by atomic mass is 16.5. The third-order valence-electron chi connectivity index (χ3n) is 5.72. The number of carbonyl (C=O) groups excluding carboxylic acids is 1. The summed E-state index contributed by atoms with van der Waals surface area (Å²) in [6.07, 6.45) is 0. The van der Waals surface area contributed by atoms with Crippen molar-refractivity contribution in [3.8, 4) is 11.4 Å². The molecule has 3 aromatic rings. The fourth-order valence-electron chi connectivity index (χ4n) is 3.86. The van der Waals surface area contributed by atoms with Crippen LogP contribution >= 0.6 is 0 Å². The number of piperazine rings is 1. The van der Waals surface area contributed by atoms with E-state index in [4.69, 9.17) is 4.52 Å². The SMILES string of the molecule is Cc1ccccc1-c1noc(CN2CCN(CC(=O)NC(C)c3ccccc3)CC2)n1. The molecule has 2 aromatic carbocycles. The van der Waals surface area contributed by atoms with Crippen LogP contribution in [0.4, 0.5) is 0 Å². The van der Waals surface area contributed by atoms with E-state index in [0.29, 0.717) is 24.8 Å². The van der Waals surface area contributed by atoms with Crippen molar-refractivity contribution in [1.29, 1.82) is 0 Å². The fourth-order valence-corrected chi connectivity index (χ4v) is 3.86. The van der Waals surface area contributed by atoms with E-state index in [0.717, 1.165) is 42.9 Å². The van der Waals surface area contributed by atoms with Gasteiger partial charge in [-0.25, -0.2) is 0 Å². The van der Waals surface area contributed by atoms with Crippen molar-refractivity contribution in [1.82, 2.24) is 25.3 Å².